The molecule has 0 atom stereocenters. The molecule has 15 heavy (non-hydrogen) atoms. The smallest absolute Gasteiger partial charge is 0.179 e. The molecule has 0 fully saturated rings. The van der Waals surface area contributed by atoms with E-state index in [0.717, 1.165) is 17.8 Å². The van der Waals surface area contributed by atoms with Gasteiger partial charge in [0, 0.05) is 5.56 Å². The van der Waals surface area contributed by atoms with Crippen LogP contribution in [0.3, 0.4) is 0 Å². The van der Waals surface area contributed by atoms with Crippen LogP contribution in [0.1, 0.15) is 25.3 Å². The third-order valence-electron chi connectivity index (χ3n) is 2.36. The van der Waals surface area contributed by atoms with E-state index in [1.807, 2.05) is 12.1 Å². The Morgan fingerprint density at radius 1 is 1.33 bits per heavy atom. The van der Waals surface area contributed by atoms with Crippen molar-refractivity contribution in [3.8, 4) is 11.4 Å². The highest BCUT2D eigenvalue weighted by Gasteiger charge is 2.01. The second-order valence-electron chi connectivity index (χ2n) is 3.55. The van der Waals surface area contributed by atoms with Crippen molar-refractivity contribution >= 4 is 0 Å². The molecule has 0 aliphatic heterocycles. The second-order valence-corrected chi connectivity index (χ2v) is 3.55. The van der Waals surface area contributed by atoms with E-state index in [0.29, 0.717) is 0 Å². The number of H-pyrrole nitrogens is 1. The van der Waals surface area contributed by atoms with Gasteiger partial charge < -0.3 is 0 Å². The van der Waals surface area contributed by atoms with Crippen LogP contribution in [-0.2, 0) is 6.42 Å². The Morgan fingerprint density at radius 2 is 2.27 bits per heavy atom. The largest absolute Gasteiger partial charge is 0.239 e. The summed E-state index contributed by atoms with van der Waals surface area (Å²) in [6.07, 6.45) is 3.55. The number of nitrogens with zero attached hydrogens (tertiary/aromatic N) is 3. The molecule has 0 unspecified atom stereocenters. The predicted octanol–water partition coefficient (Wildman–Crippen LogP) is 2.21. The number of aromatic amines is 1. The highest BCUT2D eigenvalue weighted by atomic mass is 15.5. The van der Waals surface area contributed by atoms with Gasteiger partial charge in [-0.1, -0.05) is 31.5 Å². The fourth-order valence-electron chi connectivity index (χ4n) is 1.54. The molecule has 0 bridgehead atoms. The van der Waals surface area contributed by atoms with Gasteiger partial charge in [0.25, 0.3) is 0 Å². The minimum Gasteiger partial charge on any atom is -0.239 e. The molecular formula is C11H14N4. The average molecular weight is 202 g/mol. The van der Waals surface area contributed by atoms with Crippen LogP contribution in [-0.4, -0.2) is 20.6 Å². The third kappa shape index (κ3) is 2.40. The highest BCUT2D eigenvalue weighted by molar-refractivity contribution is 5.54. The summed E-state index contributed by atoms with van der Waals surface area (Å²) in [5, 5.41) is 13.8. The quantitative estimate of drug-likeness (QED) is 0.827. The van der Waals surface area contributed by atoms with Gasteiger partial charge in [0.2, 0.25) is 0 Å². The molecule has 2 aromatic rings. The molecule has 4 heteroatoms. The zero-order chi connectivity index (χ0) is 10.5. The van der Waals surface area contributed by atoms with Gasteiger partial charge in [-0.15, -0.1) is 5.10 Å². The van der Waals surface area contributed by atoms with Crippen LogP contribution in [0.2, 0.25) is 0 Å². The lowest BCUT2D eigenvalue weighted by Crippen LogP contribution is -1.87. The first-order chi connectivity index (χ1) is 7.40. The number of hydrogen-bond donors (Lipinski definition) is 1. The first-order valence-electron chi connectivity index (χ1n) is 5.23. The van der Waals surface area contributed by atoms with E-state index < -0.39 is 0 Å². The molecule has 0 saturated carbocycles. The summed E-state index contributed by atoms with van der Waals surface area (Å²) < 4.78 is 0. The SMILES string of the molecule is CCCCc1cccc(-c2nnn[nH]2)c1. The fourth-order valence-corrected chi connectivity index (χ4v) is 1.54. The van der Waals surface area contributed by atoms with Crippen molar-refractivity contribution in [1.29, 1.82) is 0 Å². The first kappa shape index (κ1) is 9.83. The van der Waals surface area contributed by atoms with Crippen molar-refractivity contribution in [3.05, 3.63) is 29.8 Å². The van der Waals surface area contributed by atoms with E-state index in [9.17, 15) is 0 Å². The molecule has 1 heterocycles. The maximum Gasteiger partial charge on any atom is 0.179 e. The van der Waals surface area contributed by atoms with E-state index in [1.165, 1.54) is 18.4 Å². The van der Waals surface area contributed by atoms with Gasteiger partial charge in [-0.3, -0.25) is 0 Å². The minimum absolute atomic E-state index is 0.730. The molecule has 1 N–H and O–H groups in total. The van der Waals surface area contributed by atoms with Crippen LogP contribution in [0, 0.1) is 0 Å². The lowest BCUT2D eigenvalue weighted by Gasteiger charge is -2.01. The van der Waals surface area contributed by atoms with Gasteiger partial charge in [-0.05, 0) is 34.9 Å². The number of unbranched alkanes of at least 4 members (excludes halogenated alkanes) is 1. The summed E-state index contributed by atoms with van der Waals surface area (Å²) in [5.74, 6) is 0.730. The molecule has 0 saturated heterocycles. The topological polar surface area (TPSA) is 54.5 Å². The van der Waals surface area contributed by atoms with E-state index in [-0.39, 0.29) is 0 Å². The number of aromatic nitrogens is 4. The van der Waals surface area contributed by atoms with Crippen molar-refractivity contribution in [2.75, 3.05) is 0 Å². The van der Waals surface area contributed by atoms with Gasteiger partial charge in [-0.25, -0.2) is 5.10 Å². The zero-order valence-corrected chi connectivity index (χ0v) is 8.77. The van der Waals surface area contributed by atoms with Gasteiger partial charge in [0.05, 0.1) is 0 Å². The highest BCUT2D eigenvalue weighted by Crippen LogP contribution is 2.16. The summed E-state index contributed by atoms with van der Waals surface area (Å²) in [6.45, 7) is 2.20. The maximum atomic E-state index is 3.89. The Bertz CT molecular complexity index is 408. The molecule has 0 aliphatic carbocycles. The number of aryl methyl sites for hydroxylation is 1. The standard InChI is InChI=1S/C11H14N4/c1-2-3-5-9-6-4-7-10(8-9)11-12-14-15-13-11/h4,6-8H,2-3,5H2,1H3,(H,12,13,14,15). The number of tetrazole rings is 1. The van der Waals surface area contributed by atoms with Crippen molar-refractivity contribution in [1.82, 2.24) is 20.6 Å². The number of benzene rings is 1. The van der Waals surface area contributed by atoms with Crippen LogP contribution in [0.15, 0.2) is 24.3 Å². The van der Waals surface area contributed by atoms with Crippen LogP contribution < -0.4 is 0 Å². The van der Waals surface area contributed by atoms with Gasteiger partial charge in [-0.2, -0.15) is 0 Å². The van der Waals surface area contributed by atoms with Crippen molar-refractivity contribution in [2.24, 2.45) is 0 Å². The molecule has 2 rings (SSSR count). The van der Waals surface area contributed by atoms with E-state index in [4.69, 9.17) is 0 Å². The molecule has 0 amide bonds. The summed E-state index contributed by atoms with van der Waals surface area (Å²) >= 11 is 0. The van der Waals surface area contributed by atoms with Crippen molar-refractivity contribution < 1.29 is 0 Å². The fraction of sp³-hybridized carbons (Fsp3) is 0.364. The van der Waals surface area contributed by atoms with Gasteiger partial charge in [0.15, 0.2) is 5.82 Å². The second kappa shape index (κ2) is 4.68. The molecule has 1 aromatic heterocycles. The van der Waals surface area contributed by atoms with Crippen molar-refractivity contribution in [2.45, 2.75) is 26.2 Å². The van der Waals surface area contributed by atoms with E-state index >= 15 is 0 Å². The van der Waals surface area contributed by atoms with E-state index in [2.05, 4.69) is 39.7 Å². The zero-order valence-electron chi connectivity index (χ0n) is 8.77. The molecule has 4 nitrogen and oxygen atoms in total. The molecular weight excluding hydrogens is 188 g/mol. The van der Waals surface area contributed by atoms with Gasteiger partial charge >= 0.3 is 0 Å². The van der Waals surface area contributed by atoms with Crippen LogP contribution in [0.5, 0.6) is 0 Å². The lowest BCUT2D eigenvalue weighted by molar-refractivity contribution is 0.795. The van der Waals surface area contributed by atoms with Gasteiger partial charge in [0.1, 0.15) is 0 Å². The summed E-state index contributed by atoms with van der Waals surface area (Å²) in [5.41, 5.74) is 2.39. The van der Waals surface area contributed by atoms with Crippen molar-refractivity contribution in [3.63, 3.8) is 0 Å². The average Bonchev–Trinajstić information content (AvgIpc) is 2.80. The Hall–Kier alpha value is -1.71. The number of rotatable bonds is 4. The normalized spacial score (nSPS) is 10.5. The maximum absolute atomic E-state index is 3.89. The number of hydrogen-bond acceptors (Lipinski definition) is 3. The summed E-state index contributed by atoms with van der Waals surface area (Å²) in [4.78, 5) is 0. The molecule has 0 spiro atoms. The number of nitrogens with one attached hydrogen (secondary N) is 1. The van der Waals surface area contributed by atoms with E-state index in [1.54, 1.807) is 0 Å². The minimum atomic E-state index is 0.730. The monoisotopic (exact) mass is 202 g/mol. The summed E-state index contributed by atoms with van der Waals surface area (Å²) in [7, 11) is 0. The predicted molar refractivity (Wildman–Crippen MR) is 58.2 cm³/mol. The van der Waals surface area contributed by atoms with Crippen LogP contribution in [0.25, 0.3) is 11.4 Å². The molecule has 0 aliphatic rings. The molecule has 0 radical (unpaired) electrons. The first-order valence-corrected chi connectivity index (χ1v) is 5.23. The molecule has 1 aromatic carbocycles. The Kier molecular flexibility index (Phi) is 3.07. The lowest BCUT2D eigenvalue weighted by atomic mass is 10.1. The molecule has 78 valence electrons. The Balaban J connectivity index is 2.19. The Morgan fingerprint density at radius 3 is 3.00 bits per heavy atom. The summed E-state index contributed by atoms with van der Waals surface area (Å²) in [6, 6.07) is 8.33. The Labute approximate surface area is 88.7 Å². The van der Waals surface area contributed by atoms with Crippen LogP contribution >= 0.6 is 0 Å². The third-order valence-corrected chi connectivity index (χ3v) is 2.36. The van der Waals surface area contributed by atoms with Crippen LogP contribution in [0.4, 0.5) is 0 Å².